The van der Waals surface area contributed by atoms with Crippen LogP contribution in [0.15, 0.2) is 24.3 Å². The number of carbonyl (C=O) groups excluding carboxylic acids is 2. The molecule has 2 atom stereocenters. The van der Waals surface area contributed by atoms with E-state index in [1.165, 1.54) is 116 Å². The summed E-state index contributed by atoms with van der Waals surface area (Å²) in [7, 11) is 0. The molecule has 0 saturated carbocycles. The molecule has 0 aliphatic carbocycles. The number of aliphatic carboxylic acids is 2. The Labute approximate surface area is 327 Å². The summed E-state index contributed by atoms with van der Waals surface area (Å²) in [5.41, 5.74) is 0. The van der Waals surface area contributed by atoms with Crippen molar-refractivity contribution in [3.8, 4) is 0 Å². The van der Waals surface area contributed by atoms with E-state index in [2.05, 4.69) is 73.3 Å². The first-order chi connectivity index (χ1) is 23.9. The zero-order valence-electron chi connectivity index (χ0n) is 32.7. The molecule has 0 aromatic heterocycles. The zero-order chi connectivity index (χ0) is 37.1. The number of carboxylic acid groups (broad SMARTS) is 2. The molecule has 0 N–H and O–H groups in total. The van der Waals surface area contributed by atoms with E-state index in [4.69, 9.17) is 0 Å². The Balaban J connectivity index is -0.000000798. The Kier molecular flexibility index (Phi) is 52.1. The van der Waals surface area contributed by atoms with Crippen LogP contribution < -0.4 is 10.2 Å². The summed E-state index contributed by atoms with van der Waals surface area (Å²) in [5, 5.41) is 21.8. The van der Waals surface area contributed by atoms with Crippen molar-refractivity contribution in [2.45, 2.75) is 204 Å². The monoisotopic (exact) mass is 832 g/mol. The van der Waals surface area contributed by atoms with Crippen LogP contribution >= 0.6 is 25.3 Å². The number of carboxylic acids is 2. The van der Waals surface area contributed by atoms with E-state index in [9.17, 15) is 19.8 Å². The third-order valence-electron chi connectivity index (χ3n) is 8.75. The minimum atomic E-state index is -0.906. The van der Waals surface area contributed by atoms with Gasteiger partial charge in [-0.25, -0.2) is 0 Å². The van der Waals surface area contributed by atoms with Crippen LogP contribution in [-0.2, 0) is 9.59 Å². The molecule has 0 fully saturated rings. The molecule has 0 heterocycles. The summed E-state index contributed by atoms with van der Waals surface area (Å²) in [5.74, 6) is -1.16. The molecule has 0 aromatic carbocycles. The fraction of sp³-hybridized carbons (Fsp3) is 0.857. The topological polar surface area (TPSA) is 80.3 Å². The summed E-state index contributed by atoms with van der Waals surface area (Å²) >= 11 is 8.44. The third-order valence-corrected chi connectivity index (χ3v) is 9.27. The fourth-order valence-electron chi connectivity index (χ4n) is 5.64. The van der Waals surface area contributed by atoms with Gasteiger partial charge in [0.15, 0.2) is 0 Å². The SMILES string of the molecule is CCCCCCCC/C=C\CCCCCC[C@@H](CCS)C(=O)[O-].CCCCCCCC/C=C\CCCCCC[C@@H](CCS)C(=O)[O-].[CH3][Sn+2][CH3]. The second-order valence-corrected chi connectivity index (χ2v) is 17.3. The Morgan fingerprint density at radius 2 is 0.714 bits per heavy atom. The molecule has 0 aliphatic heterocycles. The number of allylic oxidation sites excluding steroid dienone is 4. The van der Waals surface area contributed by atoms with E-state index >= 15 is 0 Å². The Bertz CT molecular complexity index is 659. The number of rotatable bonds is 34. The molecule has 0 radical (unpaired) electrons. The first-order valence-electron chi connectivity index (χ1n) is 20.4. The molecule has 0 aliphatic rings. The molecule has 0 spiro atoms. The number of hydrogen-bond acceptors (Lipinski definition) is 6. The van der Waals surface area contributed by atoms with Gasteiger partial charge in [0.25, 0.3) is 0 Å². The Hall–Kier alpha value is -0.0813. The van der Waals surface area contributed by atoms with Gasteiger partial charge in [-0.1, -0.05) is 141 Å². The maximum atomic E-state index is 10.9. The van der Waals surface area contributed by atoms with Crippen molar-refractivity contribution in [1.82, 2.24) is 0 Å². The summed E-state index contributed by atoms with van der Waals surface area (Å²) in [6.45, 7) is 4.51. The number of unbranched alkanes of at least 4 members (excludes halogenated alkanes) is 20. The van der Waals surface area contributed by atoms with Gasteiger partial charge < -0.3 is 19.8 Å². The van der Waals surface area contributed by atoms with Gasteiger partial charge in [0.2, 0.25) is 0 Å². The molecule has 0 saturated heterocycles. The van der Waals surface area contributed by atoms with E-state index in [0.717, 1.165) is 51.4 Å². The molecule has 7 heteroatoms. The Morgan fingerprint density at radius 1 is 0.469 bits per heavy atom. The Morgan fingerprint density at radius 3 is 0.959 bits per heavy atom. The summed E-state index contributed by atoms with van der Waals surface area (Å²) in [6, 6.07) is 0. The van der Waals surface area contributed by atoms with Gasteiger partial charge in [-0.05, 0) is 100 Å². The standard InChI is InChI=1S/2C20H38O2S.2CH3.Sn/c2*1-2-3-4-5-6-7-8-9-10-11-12-13-14-15-16-19(17-18-23)20(21)22;;;/h2*9-10,19,23H,2-8,11-18H2,1H3,(H,21,22);2*1H3;/q;;;;+2/p-2/b2*10-9-;;;/t2*19-;;;/m00.../s1. The molecule has 49 heavy (non-hydrogen) atoms. The summed E-state index contributed by atoms with van der Waals surface area (Å²) in [4.78, 5) is 26.4. The van der Waals surface area contributed by atoms with E-state index in [1.807, 2.05) is 0 Å². The molecule has 0 rings (SSSR count). The average Bonchev–Trinajstić information content (AvgIpc) is 3.08. The molecular formula is C42H80O4S2Sn. The fourth-order valence-corrected chi connectivity index (χ4v) is 6.26. The zero-order valence-corrected chi connectivity index (χ0v) is 37.3. The van der Waals surface area contributed by atoms with Crippen LogP contribution in [0.4, 0.5) is 0 Å². The first-order valence-corrected chi connectivity index (χ1v) is 27.3. The molecular weight excluding hydrogens is 751 g/mol. The normalized spacial score (nSPS) is 12.2. The van der Waals surface area contributed by atoms with Crippen LogP contribution in [-0.4, -0.2) is 44.6 Å². The van der Waals surface area contributed by atoms with Crippen LogP contribution in [0.2, 0.25) is 9.88 Å². The van der Waals surface area contributed by atoms with Gasteiger partial charge in [-0.15, -0.1) is 0 Å². The third kappa shape index (κ3) is 47.9. The second-order valence-electron chi connectivity index (χ2n) is 13.6. The van der Waals surface area contributed by atoms with Gasteiger partial charge in [-0.3, -0.25) is 0 Å². The molecule has 0 unspecified atom stereocenters. The van der Waals surface area contributed by atoms with Crippen molar-refractivity contribution in [3.63, 3.8) is 0 Å². The maximum absolute atomic E-state index is 10.9. The van der Waals surface area contributed by atoms with E-state index in [-0.39, 0.29) is 33.0 Å². The summed E-state index contributed by atoms with van der Waals surface area (Å²) < 4.78 is 0. The van der Waals surface area contributed by atoms with Crippen LogP contribution in [0.25, 0.3) is 0 Å². The van der Waals surface area contributed by atoms with E-state index in [1.54, 1.807) is 0 Å². The molecule has 4 nitrogen and oxygen atoms in total. The van der Waals surface area contributed by atoms with E-state index in [0.29, 0.717) is 24.3 Å². The van der Waals surface area contributed by atoms with Gasteiger partial charge >= 0.3 is 31.0 Å². The first kappa shape index (κ1) is 53.3. The van der Waals surface area contributed by atoms with Crippen LogP contribution in [0, 0.1) is 11.8 Å². The molecule has 0 amide bonds. The quantitative estimate of drug-likeness (QED) is 0.0293. The molecule has 288 valence electrons. The van der Waals surface area contributed by atoms with Gasteiger partial charge in [0.1, 0.15) is 0 Å². The second kappa shape index (κ2) is 47.9. The predicted octanol–water partition coefficient (Wildman–Crippen LogP) is 11.4. The van der Waals surface area contributed by atoms with Crippen molar-refractivity contribution in [1.29, 1.82) is 0 Å². The number of hydrogen-bond donors (Lipinski definition) is 2. The minimum absolute atomic E-state index is 0.230. The van der Waals surface area contributed by atoms with Crippen LogP contribution in [0.3, 0.4) is 0 Å². The molecule has 0 aromatic rings. The summed E-state index contributed by atoms with van der Waals surface area (Å²) in [6.07, 6.45) is 42.3. The van der Waals surface area contributed by atoms with Crippen molar-refractivity contribution >= 4 is 58.3 Å². The van der Waals surface area contributed by atoms with Crippen molar-refractivity contribution < 1.29 is 19.8 Å². The van der Waals surface area contributed by atoms with Crippen molar-refractivity contribution in [3.05, 3.63) is 24.3 Å². The van der Waals surface area contributed by atoms with Gasteiger partial charge in [0.05, 0.1) is 0 Å². The van der Waals surface area contributed by atoms with Crippen LogP contribution in [0.5, 0.6) is 0 Å². The average molecular weight is 832 g/mol. The number of thiol groups is 2. The predicted molar refractivity (Wildman–Crippen MR) is 221 cm³/mol. The molecule has 0 bridgehead atoms. The van der Waals surface area contributed by atoms with E-state index < -0.39 is 11.9 Å². The van der Waals surface area contributed by atoms with Crippen molar-refractivity contribution in [2.75, 3.05) is 11.5 Å². The van der Waals surface area contributed by atoms with Gasteiger partial charge in [-0.2, -0.15) is 25.3 Å². The van der Waals surface area contributed by atoms with Crippen LogP contribution in [0.1, 0.15) is 194 Å². The van der Waals surface area contributed by atoms with Crippen molar-refractivity contribution in [2.24, 2.45) is 11.8 Å². The number of carbonyl (C=O) groups is 2. The van der Waals surface area contributed by atoms with Gasteiger partial charge in [0, 0.05) is 11.9 Å².